The average molecular weight is 818 g/mol. The van der Waals surface area contributed by atoms with Crippen molar-refractivity contribution in [3.05, 3.63) is 64.8 Å². The van der Waals surface area contributed by atoms with Crippen LogP contribution in [0.2, 0.25) is 20.1 Å². The summed E-state index contributed by atoms with van der Waals surface area (Å²) in [6.07, 6.45) is 0. The minimum Gasteiger partial charge on any atom is -0.506 e. The van der Waals surface area contributed by atoms with Crippen LogP contribution in [0.25, 0.3) is 33.4 Å². The minimum atomic E-state index is -0.125. The van der Waals surface area contributed by atoms with Gasteiger partial charge in [0.1, 0.15) is 9.32 Å². The summed E-state index contributed by atoms with van der Waals surface area (Å²) in [5, 5.41) is 11.9. The fourth-order valence-electron chi connectivity index (χ4n) is 3.20. The predicted molar refractivity (Wildman–Crippen MR) is 149 cm³/mol. The van der Waals surface area contributed by atoms with Gasteiger partial charge in [-0.25, -0.2) is 0 Å². The SMILES string of the molecule is Cc1cc2c(-c3cc(Cl)c(Cl)c(Cl)c3Cl)c3cc(I)c(O)c(I)c3oc-2c(I)c1=O. The lowest BCUT2D eigenvalue weighted by Gasteiger charge is -2.20. The third kappa shape index (κ3) is 3.62. The summed E-state index contributed by atoms with van der Waals surface area (Å²) in [5.74, 6) is 0.492. The number of hydrogen-bond donors (Lipinski definition) is 1. The maximum absolute atomic E-state index is 12.6. The molecule has 0 radical (unpaired) electrons. The van der Waals surface area contributed by atoms with Crippen LogP contribution in [0.5, 0.6) is 5.75 Å². The van der Waals surface area contributed by atoms with Crippen molar-refractivity contribution in [1.82, 2.24) is 0 Å². The summed E-state index contributed by atoms with van der Waals surface area (Å²) in [6, 6.07) is 5.20. The highest BCUT2D eigenvalue weighted by Gasteiger charge is 2.27. The summed E-state index contributed by atoms with van der Waals surface area (Å²) in [7, 11) is 0. The van der Waals surface area contributed by atoms with Gasteiger partial charge in [0.05, 0.1) is 27.2 Å². The van der Waals surface area contributed by atoms with Crippen LogP contribution in [0.3, 0.4) is 0 Å². The van der Waals surface area contributed by atoms with E-state index in [4.69, 9.17) is 50.8 Å². The highest BCUT2D eigenvalue weighted by Crippen LogP contribution is 2.50. The van der Waals surface area contributed by atoms with Crippen LogP contribution in [-0.4, -0.2) is 5.11 Å². The van der Waals surface area contributed by atoms with Gasteiger partial charge in [0.15, 0.2) is 16.8 Å². The molecule has 0 saturated carbocycles. The first kappa shape index (κ1) is 23.4. The summed E-state index contributed by atoms with van der Waals surface area (Å²) >= 11 is 31.5. The van der Waals surface area contributed by atoms with E-state index in [1.165, 1.54) is 0 Å². The lowest BCUT2D eigenvalue weighted by Crippen LogP contribution is -2.12. The van der Waals surface area contributed by atoms with Gasteiger partial charge in [-0.1, -0.05) is 46.4 Å². The highest BCUT2D eigenvalue weighted by molar-refractivity contribution is 14.1. The van der Waals surface area contributed by atoms with Crippen molar-refractivity contribution < 1.29 is 9.52 Å². The van der Waals surface area contributed by atoms with Crippen molar-refractivity contribution in [3.8, 4) is 28.2 Å². The molecule has 2 aliphatic rings. The molecule has 1 aliphatic carbocycles. The Hall–Kier alpha value is 0.280. The monoisotopic (exact) mass is 816 g/mol. The Morgan fingerprint density at radius 1 is 0.900 bits per heavy atom. The lowest BCUT2D eigenvalue weighted by atomic mass is 9.92. The Bertz CT molecular complexity index is 1420. The lowest BCUT2D eigenvalue weighted by molar-refractivity contribution is 0.466. The average Bonchev–Trinajstić information content (AvgIpc) is 2.71. The molecule has 1 aliphatic heterocycles. The van der Waals surface area contributed by atoms with Crippen LogP contribution in [0.4, 0.5) is 0 Å². The van der Waals surface area contributed by atoms with Gasteiger partial charge in [-0.3, -0.25) is 4.79 Å². The van der Waals surface area contributed by atoms with Crippen LogP contribution in [0, 0.1) is 17.6 Å². The molecule has 3 nitrogen and oxygen atoms in total. The van der Waals surface area contributed by atoms with Crippen LogP contribution in [0.15, 0.2) is 27.4 Å². The quantitative estimate of drug-likeness (QED) is 0.0904. The summed E-state index contributed by atoms with van der Waals surface area (Å²) in [6.45, 7) is 1.74. The molecule has 0 fully saturated rings. The van der Waals surface area contributed by atoms with E-state index in [-0.39, 0.29) is 31.3 Å². The van der Waals surface area contributed by atoms with Gasteiger partial charge in [-0.2, -0.15) is 0 Å². The molecular formula is C20H7Cl4I3O3. The number of phenolic OH excluding ortho intramolecular Hbond substituents is 1. The second-order valence-electron chi connectivity index (χ2n) is 6.44. The normalized spacial score (nSPS) is 11.6. The Kier molecular flexibility index (Phi) is 6.69. The number of fused-ring (bicyclic) bond motifs is 2. The molecule has 0 aromatic heterocycles. The van der Waals surface area contributed by atoms with Crippen LogP contribution < -0.4 is 5.43 Å². The Morgan fingerprint density at radius 2 is 1.57 bits per heavy atom. The Morgan fingerprint density at radius 3 is 2.23 bits per heavy atom. The highest BCUT2D eigenvalue weighted by atomic mass is 127. The van der Waals surface area contributed by atoms with Gasteiger partial charge >= 0.3 is 0 Å². The molecule has 0 amide bonds. The number of phenols is 1. The van der Waals surface area contributed by atoms with Crippen molar-refractivity contribution in [1.29, 1.82) is 0 Å². The van der Waals surface area contributed by atoms with Gasteiger partial charge < -0.3 is 9.52 Å². The zero-order chi connectivity index (χ0) is 22.1. The zero-order valence-corrected chi connectivity index (χ0v) is 24.1. The molecule has 0 saturated heterocycles. The van der Waals surface area contributed by atoms with Crippen molar-refractivity contribution in [2.75, 3.05) is 0 Å². The van der Waals surface area contributed by atoms with E-state index in [0.717, 1.165) is 0 Å². The summed E-state index contributed by atoms with van der Waals surface area (Å²) < 4.78 is 7.74. The zero-order valence-electron chi connectivity index (χ0n) is 14.6. The first-order valence-corrected chi connectivity index (χ1v) is 12.9. The first-order valence-electron chi connectivity index (χ1n) is 8.14. The third-order valence-electron chi connectivity index (χ3n) is 4.63. The smallest absolute Gasteiger partial charge is 0.198 e. The number of aromatic hydroxyl groups is 1. The van der Waals surface area contributed by atoms with Gasteiger partial charge in [0, 0.05) is 22.1 Å². The molecule has 10 heteroatoms. The summed E-state index contributed by atoms with van der Waals surface area (Å²) in [4.78, 5) is 12.6. The molecule has 0 spiro atoms. The van der Waals surface area contributed by atoms with E-state index in [1.807, 2.05) is 67.8 Å². The molecule has 30 heavy (non-hydrogen) atoms. The van der Waals surface area contributed by atoms with E-state index in [1.54, 1.807) is 25.1 Å². The first-order chi connectivity index (χ1) is 14.0. The van der Waals surface area contributed by atoms with E-state index < -0.39 is 0 Å². The largest absolute Gasteiger partial charge is 0.506 e. The molecule has 0 bridgehead atoms. The van der Waals surface area contributed by atoms with Crippen LogP contribution in [0.1, 0.15) is 5.56 Å². The Labute approximate surface area is 231 Å². The molecule has 2 aromatic rings. The molecular weight excluding hydrogens is 811 g/mol. The van der Waals surface area contributed by atoms with Crippen LogP contribution >= 0.6 is 114 Å². The third-order valence-corrected chi connectivity index (χ3v) is 9.18. The van der Waals surface area contributed by atoms with Gasteiger partial charge in [-0.15, -0.1) is 0 Å². The second-order valence-corrected chi connectivity index (χ2v) is 11.3. The topological polar surface area (TPSA) is 50.4 Å². The fourth-order valence-corrected chi connectivity index (χ4v) is 6.71. The minimum absolute atomic E-state index is 0.0977. The van der Waals surface area contributed by atoms with Crippen molar-refractivity contribution in [3.63, 3.8) is 0 Å². The van der Waals surface area contributed by atoms with E-state index in [9.17, 15) is 9.90 Å². The second kappa shape index (κ2) is 8.57. The molecule has 0 atom stereocenters. The maximum atomic E-state index is 12.6. The number of rotatable bonds is 1. The van der Waals surface area contributed by atoms with E-state index in [0.29, 0.717) is 49.7 Å². The number of aryl methyl sites for hydroxylation is 1. The molecule has 154 valence electrons. The van der Waals surface area contributed by atoms with E-state index in [2.05, 4.69) is 0 Å². The fraction of sp³-hybridized carbons (Fsp3) is 0.0500. The molecule has 1 heterocycles. The van der Waals surface area contributed by atoms with Crippen molar-refractivity contribution in [2.45, 2.75) is 6.92 Å². The predicted octanol–water partition coefficient (Wildman–Crippen LogP) is 9.01. The van der Waals surface area contributed by atoms with Gasteiger partial charge in [-0.05, 0) is 98.5 Å². The molecule has 1 N–H and O–H groups in total. The van der Waals surface area contributed by atoms with Crippen molar-refractivity contribution >= 4 is 125 Å². The van der Waals surface area contributed by atoms with E-state index >= 15 is 0 Å². The number of hydrogen-bond acceptors (Lipinski definition) is 3. The summed E-state index contributed by atoms with van der Waals surface area (Å²) in [5.41, 5.74) is 2.78. The van der Waals surface area contributed by atoms with Crippen LogP contribution in [-0.2, 0) is 0 Å². The number of benzene rings is 3. The van der Waals surface area contributed by atoms with Gasteiger partial charge in [0.25, 0.3) is 0 Å². The molecule has 2 aromatic carbocycles. The van der Waals surface area contributed by atoms with Crippen molar-refractivity contribution in [2.24, 2.45) is 0 Å². The van der Waals surface area contributed by atoms with Gasteiger partial charge in [0.2, 0.25) is 0 Å². The molecule has 4 rings (SSSR count). The Balaban J connectivity index is 2.35. The number of halogens is 7. The molecule has 0 unspecified atom stereocenters. The standard InChI is InChI=1S/C20H7Cl4I3O3/c1-5-2-7-11(6-3-9(21)13(23)14(24)12(6)22)8-4-10(25)18(29)16(27)20(8)30-19(7)15(26)17(5)28/h2-4,29H,1H3. The maximum Gasteiger partial charge on any atom is 0.198 e.